The molecule has 0 spiro atoms. The van der Waals surface area contributed by atoms with Crippen molar-refractivity contribution in [2.24, 2.45) is 0 Å². The van der Waals surface area contributed by atoms with Gasteiger partial charge >= 0.3 is 0 Å². The topological polar surface area (TPSA) is 12.5 Å². The molecule has 0 aromatic heterocycles. The van der Waals surface area contributed by atoms with E-state index in [0.29, 0.717) is 11.3 Å². The van der Waals surface area contributed by atoms with Crippen LogP contribution < -0.4 is 4.74 Å². The highest BCUT2D eigenvalue weighted by Crippen LogP contribution is 2.34. The number of benzene rings is 1. The number of nitrogens with zero attached hydrogens (tertiary/aromatic N) is 1. The summed E-state index contributed by atoms with van der Waals surface area (Å²) in [6.07, 6.45) is 3.66. The van der Waals surface area contributed by atoms with Crippen molar-refractivity contribution in [2.45, 2.75) is 0 Å². The molecule has 0 radical (unpaired) electrons. The van der Waals surface area contributed by atoms with Crippen molar-refractivity contribution in [2.75, 3.05) is 14.2 Å². The van der Waals surface area contributed by atoms with Gasteiger partial charge in [-0.05, 0) is 46.9 Å². The highest BCUT2D eigenvalue weighted by atomic mass is 127. The van der Waals surface area contributed by atoms with Crippen molar-refractivity contribution >= 4 is 28.3 Å². The fraction of sp³-hybridized carbons (Fsp3) is 0.143. The Hall–Kier alpha value is -1.37. The maximum atomic E-state index is 13.7. The maximum absolute atomic E-state index is 13.7. The Morgan fingerprint density at radius 2 is 1.79 bits per heavy atom. The lowest BCUT2D eigenvalue weighted by molar-refractivity contribution is 0.359. The number of hydrogen-bond acceptors (Lipinski definition) is 2. The van der Waals surface area contributed by atoms with E-state index in [9.17, 15) is 8.78 Å². The first kappa shape index (κ1) is 14.0. The molecule has 0 saturated carbocycles. The molecular formula is C14H12F2INO. The lowest BCUT2D eigenvalue weighted by Crippen LogP contribution is -2.18. The second kappa shape index (κ2) is 5.32. The predicted octanol–water partition coefficient (Wildman–Crippen LogP) is 4.09. The van der Waals surface area contributed by atoms with Gasteiger partial charge in [-0.2, -0.15) is 0 Å². The number of ether oxygens (including phenoxy) is 1. The minimum atomic E-state index is -0.721. The molecule has 1 aromatic rings. The van der Waals surface area contributed by atoms with Crippen LogP contribution in [0.5, 0.6) is 5.75 Å². The molecule has 0 fully saturated rings. The van der Waals surface area contributed by atoms with Gasteiger partial charge in [0, 0.05) is 27.6 Å². The van der Waals surface area contributed by atoms with Crippen molar-refractivity contribution in [1.82, 2.24) is 4.90 Å². The monoisotopic (exact) mass is 375 g/mol. The summed E-state index contributed by atoms with van der Waals surface area (Å²) in [4.78, 5) is 1.79. The number of halogens is 3. The van der Waals surface area contributed by atoms with Crippen LogP contribution >= 0.6 is 22.6 Å². The molecule has 2 rings (SSSR count). The number of allylic oxidation sites excluding steroid dienone is 3. The molecule has 1 aliphatic rings. The fourth-order valence-electron chi connectivity index (χ4n) is 1.86. The molecule has 100 valence electrons. The second-order valence-corrected chi connectivity index (χ2v) is 5.21. The molecule has 1 heterocycles. The van der Waals surface area contributed by atoms with Crippen LogP contribution in [0.15, 0.2) is 40.1 Å². The Bertz CT molecular complexity index is 584. The molecule has 5 heteroatoms. The normalized spacial score (nSPS) is 15.2. The summed E-state index contributed by atoms with van der Waals surface area (Å²) in [6.45, 7) is 3.93. The van der Waals surface area contributed by atoms with Gasteiger partial charge in [-0.15, -0.1) is 0 Å². The largest absolute Gasteiger partial charge is 0.491 e. The first-order valence-corrected chi connectivity index (χ1v) is 6.57. The van der Waals surface area contributed by atoms with E-state index < -0.39 is 11.6 Å². The smallest absolute Gasteiger partial charge is 0.190 e. The number of hydrogen-bond donors (Lipinski definition) is 0. The Balaban J connectivity index is 2.52. The average Bonchev–Trinajstić information content (AvgIpc) is 2.35. The first-order chi connectivity index (χ1) is 8.95. The molecule has 0 atom stereocenters. The molecule has 1 aromatic carbocycles. The Kier molecular flexibility index (Phi) is 3.93. The number of rotatable bonds is 2. The van der Waals surface area contributed by atoms with Gasteiger partial charge in [-0.1, -0.05) is 6.58 Å². The van der Waals surface area contributed by atoms with Gasteiger partial charge in [0.1, 0.15) is 0 Å². The molecule has 0 bridgehead atoms. The van der Waals surface area contributed by atoms with Crippen molar-refractivity contribution in [3.8, 4) is 5.75 Å². The van der Waals surface area contributed by atoms with Gasteiger partial charge in [0.2, 0.25) is 0 Å². The van der Waals surface area contributed by atoms with E-state index in [4.69, 9.17) is 0 Å². The van der Waals surface area contributed by atoms with Crippen LogP contribution in [0.4, 0.5) is 8.78 Å². The van der Waals surface area contributed by atoms with Gasteiger partial charge in [0.25, 0.3) is 0 Å². The van der Waals surface area contributed by atoms with E-state index in [0.717, 1.165) is 9.28 Å². The molecule has 2 nitrogen and oxygen atoms in total. The predicted molar refractivity (Wildman–Crippen MR) is 79.9 cm³/mol. The van der Waals surface area contributed by atoms with E-state index in [1.165, 1.54) is 19.2 Å². The minimum Gasteiger partial charge on any atom is -0.491 e. The van der Waals surface area contributed by atoms with Crippen molar-refractivity contribution in [3.05, 3.63) is 57.3 Å². The quantitative estimate of drug-likeness (QED) is 0.722. The van der Waals surface area contributed by atoms with Gasteiger partial charge in [-0.25, -0.2) is 8.78 Å². The summed E-state index contributed by atoms with van der Waals surface area (Å²) in [5.41, 5.74) is 1.92. The number of methoxy groups -OCH3 is 1. The van der Waals surface area contributed by atoms with E-state index in [-0.39, 0.29) is 5.75 Å². The molecule has 19 heavy (non-hydrogen) atoms. The number of likely N-dealkylation sites (N-methyl/N-ethyl adjacent to an activating group) is 1. The van der Waals surface area contributed by atoms with Crippen LogP contribution in [0.3, 0.4) is 0 Å². The van der Waals surface area contributed by atoms with E-state index >= 15 is 0 Å². The van der Waals surface area contributed by atoms with Crippen LogP contribution in [0, 0.1) is 11.6 Å². The molecule has 0 amide bonds. The summed E-state index contributed by atoms with van der Waals surface area (Å²) in [5.74, 6) is -1.81. The van der Waals surface area contributed by atoms with Gasteiger partial charge in [0.15, 0.2) is 17.4 Å². The van der Waals surface area contributed by atoms with Gasteiger partial charge in [0.05, 0.1) is 7.11 Å². The minimum absolute atomic E-state index is 0.369. The fourth-order valence-corrected chi connectivity index (χ4v) is 2.40. The van der Waals surface area contributed by atoms with E-state index in [2.05, 4.69) is 33.9 Å². The SMILES string of the molecule is C=C1C(I)=CC=C(c2cc(F)c(OC)c(F)c2)N1C. The van der Waals surface area contributed by atoms with Crippen LogP contribution in [0.2, 0.25) is 0 Å². The lowest BCUT2D eigenvalue weighted by atomic mass is 10.1. The van der Waals surface area contributed by atoms with E-state index in [1.54, 1.807) is 18.0 Å². The third kappa shape index (κ3) is 2.51. The van der Waals surface area contributed by atoms with Crippen LogP contribution in [0.1, 0.15) is 5.56 Å². The third-order valence-corrected chi connectivity index (χ3v) is 3.91. The lowest BCUT2D eigenvalue weighted by Gasteiger charge is -2.28. The van der Waals surface area contributed by atoms with Crippen LogP contribution in [-0.2, 0) is 0 Å². The maximum Gasteiger partial charge on any atom is 0.190 e. The molecule has 0 unspecified atom stereocenters. The molecule has 0 N–H and O–H groups in total. The Morgan fingerprint density at radius 1 is 1.21 bits per heavy atom. The van der Waals surface area contributed by atoms with Crippen molar-refractivity contribution in [1.29, 1.82) is 0 Å². The van der Waals surface area contributed by atoms with Gasteiger partial charge in [-0.3, -0.25) is 0 Å². The molecule has 0 aliphatic carbocycles. The Morgan fingerprint density at radius 3 is 2.32 bits per heavy atom. The molecule has 0 saturated heterocycles. The summed E-state index contributed by atoms with van der Waals surface area (Å²) in [6, 6.07) is 2.51. The highest BCUT2D eigenvalue weighted by Gasteiger charge is 2.19. The zero-order chi connectivity index (χ0) is 14.2. The van der Waals surface area contributed by atoms with Crippen molar-refractivity contribution in [3.63, 3.8) is 0 Å². The molecule has 1 aliphatic heterocycles. The standard InChI is InChI=1S/C14H12F2INO/c1-8-12(17)4-5-13(18(8)2)9-6-10(15)14(19-3)11(16)7-9/h4-7H,1H2,2-3H3. The van der Waals surface area contributed by atoms with Gasteiger partial charge < -0.3 is 9.64 Å². The zero-order valence-corrected chi connectivity index (χ0v) is 12.7. The van der Waals surface area contributed by atoms with E-state index in [1.807, 2.05) is 6.08 Å². The van der Waals surface area contributed by atoms with Crippen LogP contribution in [-0.4, -0.2) is 19.1 Å². The summed E-state index contributed by atoms with van der Waals surface area (Å²) < 4.78 is 33.1. The highest BCUT2D eigenvalue weighted by molar-refractivity contribution is 14.1. The summed E-state index contributed by atoms with van der Waals surface area (Å²) in [5, 5.41) is 0. The molecular weight excluding hydrogens is 363 g/mol. The third-order valence-electron chi connectivity index (χ3n) is 2.93. The average molecular weight is 375 g/mol. The second-order valence-electron chi connectivity index (χ2n) is 4.05. The Labute approximate surface area is 124 Å². The summed E-state index contributed by atoms with van der Waals surface area (Å²) >= 11 is 2.16. The first-order valence-electron chi connectivity index (χ1n) is 5.49. The summed E-state index contributed by atoms with van der Waals surface area (Å²) in [7, 11) is 3.04. The van der Waals surface area contributed by atoms with Crippen LogP contribution in [0.25, 0.3) is 5.70 Å². The van der Waals surface area contributed by atoms with Crippen molar-refractivity contribution < 1.29 is 13.5 Å². The zero-order valence-electron chi connectivity index (χ0n) is 10.5.